The summed E-state index contributed by atoms with van der Waals surface area (Å²) in [5.41, 5.74) is 3.58. The third-order valence-electron chi connectivity index (χ3n) is 4.25. The predicted molar refractivity (Wildman–Crippen MR) is 104 cm³/mol. The molecule has 26 heavy (non-hydrogen) atoms. The minimum atomic E-state index is 0.546. The van der Waals surface area contributed by atoms with Crippen LogP contribution in [0.2, 0.25) is 5.02 Å². The Balaban J connectivity index is 1.62. The van der Waals surface area contributed by atoms with Gasteiger partial charge < -0.3 is 10.3 Å². The van der Waals surface area contributed by atoms with Crippen molar-refractivity contribution in [1.82, 2.24) is 19.9 Å². The monoisotopic (exact) mass is 385 g/mol. The van der Waals surface area contributed by atoms with Crippen molar-refractivity contribution in [3.8, 4) is 11.4 Å². The van der Waals surface area contributed by atoms with Crippen molar-refractivity contribution in [2.75, 3.05) is 5.84 Å². The molecule has 4 aromatic rings. The maximum atomic E-state index is 6.52. The van der Waals surface area contributed by atoms with E-state index < -0.39 is 0 Å². The van der Waals surface area contributed by atoms with Gasteiger partial charge in [-0.2, -0.15) is 0 Å². The van der Waals surface area contributed by atoms with Crippen LogP contribution >= 0.6 is 23.4 Å². The summed E-state index contributed by atoms with van der Waals surface area (Å²) < 4.78 is 6.77. The molecule has 0 saturated heterocycles. The molecule has 3 aromatic heterocycles. The lowest BCUT2D eigenvalue weighted by Gasteiger charge is -2.09. The number of rotatable bonds is 4. The predicted octanol–water partition coefficient (Wildman–Crippen LogP) is 4.36. The summed E-state index contributed by atoms with van der Waals surface area (Å²) in [6, 6.07) is 9.78. The number of nitrogens with two attached hydrogens (primary N) is 1. The number of aromatic nitrogens is 4. The number of benzene rings is 1. The summed E-state index contributed by atoms with van der Waals surface area (Å²) in [4.78, 5) is 4.69. The standard InChI is InChI=1S/C18H16ClN5OS/c1-10-12-5-3-4-6-14(12)21-15(16(10)19)9-26-18-23-22-17(24(18)20)13-7-8-25-11(13)2/h3-8H,9,20H2,1-2H3. The van der Waals surface area contributed by atoms with E-state index in [4.69, 9.17) is 21.9 Å². The lowest BCUT2D eigenvalue weighted by molar-refractivity contribution is 0.535. The molecular formula is C18H16ClN5OS. The summed E-state index contributed by atoms with van der Waals surface area (Å²) in [5, 5.41) is 10.7. The maximum absolute atomic E-state index is 6.52. The van der Waals surface area contributed by atoms with Crippen LogP contribution in [0.1, 0.15) is 17.0 Å². The number of hydrogen-bond donors (Lipinski definition) is 1. The van der Waals surface area contributed by atoms with Gasteiger partial charge in [0, 0.05) is 11.1 Å². The van der Waals surface area contributed by atoms with Gasteiger partial charge in [-0.25, -0.2) is 4.68 Å². The SMILES string of the molecule is Cc1occc1-c1nnc(SCc2nc3ccccc3c(C)c2Cl)n1N. The third kappa shape index (κ3) is 2.83. The average Bonchev–Trinajstić information content (AvgIpc) is 3.22. The Hall–Kier alpha value is -2.51. The largest absolute Gasteiger partial charge is 0.469 e. The third-order valence-corrected chi connectivity index (χ3v) is 5.70. The van der Waals surface area contributed by atoms with Crippen molar-refractivity contribution in [3.05, 3.63) is 58.6 Å². The molecule has 0 radical (unpaired) electrons. The van der Waals surface area contributed by atoms with E-state index in [9.17, 15) is 0 Å². The van der Waals surface area contributed by atoms with Crippen LogP contribution in [0.15, 0.2) is 46.2 Å². The molecule has 0 atom stereocenters. The Morgan fingerprint density at radius 2 is 2.00 bits per heavy atom. The molecule has 0 unspecified atom stereocenters. The second-order valence-corrected chi connectivity index (χ2v) is 7.19. The van der Waals surface area contributed by atoms with Gasteiger partial charge in [-0.3, -0.25) is 4.98 Å². The van der Waals surface area contributed by atoms with Gasteiger partial charge in [-0.05, 0) is 31.5 Å². The number of para-hydroxylation sites is 1. The zero-order valence-corrected chi connectivity index (χ0v) is 15.8. The van der Waals surface area contributed by atoms with Crippen LogP contribution in [0.25, 0.3) is 22.3 Å². The average molecular weight is 386 g/mol. The van der Waals surface area contributed by atoms with Gasteiger partial charge in [0.1, 0.15) is 5.76 Å². The zero-order valence-electron chi connectivity index (χ0n) is 14.2. The Labute approximate surface area is 159 Å². The van der Waals surface area contributed by atoms with E-state index in [0.717, 1.165) is 33.5 Å². The first-order valence-corrected chi connectivity index (χ1v) is 9.34. The van der Waals surface area contributed by atoms with Crippen molar-refractivity contribution in [3.63, 3.8) is 0 Å². The first kappa shape index (κ1) is 16.9. The number of hydrogen-bond acceptors (Lipinski definition) is 6. The Bertz CT molecular complexity index is 1100. The van der Waals surface area contributed by atoms with Crippen LogP contribution in [0, 0.1) is 13.8 Å². The molecule has 6 nitrogen and oxygen atoms in total. The van der Waals surface area contributed by atoms with Crippen LogP contribution in [0.5, 0.6) is 0 Å². The van der Waals surface area contributed by atoms with Crippen LogP contribution < -0.4 is 5.84 Å². The van der Waals surface area contributed by atoms with Gasteiger partial charge in [-0.15, -0.1) is 10.2 Å². The van der Waals surface area contributed by atoms with E-state index in [1.54, 1.807) is 6.26 Å². The molecule has 0 fully saturated rings. The topological polar surface area (TPSA) is 82.8 Å². The number of pyridine rings is 1. The fourth-order valence-electron chi connectivity index (χ4n) is 2.82. The van der Waals surface area contributed by atoms with Gasteiger partial charge in [0.2, 0.25) is 5.16 Å². The fraction of sp³-hybridized carbons (Fsp3) is 0.167. The smallest absolute Gasteiger partial charge is 0.210 e. The van der Waals surface area contributed by atoms with Gasteiger partial charge in [-0.1, -0.05) is 41.6 Å². The molecule has 4 rings (SSSR count). The summed E-state index contributed by atoms with van der Waals surface area (Å²) in [7, 11) is 0. The normalized spacial score (nSPS) is 11.3. The molecule has 8 heteroatoms. The first-order chi connectivity index (χ1) is 12.6. The van der Waals surface area contributed by atoms with Gasteiger partial charge in [0.15, 0.2) is 5.82 Å². The molecule has 0 aliphatic rings. The summed E-state index contributed by atoms with van der Waals surface area (Å²) in [6.07, 6.45) is 1.60. The summed E-state index contributed by atoms with van der Waals surface area (Å²) >= 11 is 7.97. The quantitative estimate of drug-likeness (QED) is 0.415. The molecule has 132 valence electrons. The molecule has 0 saturated carbocycles. The van der Waals surface area contributed by atoms with Crippen LogP contribution in [0.4, 0.5) is 0 Å². The Morgan fingerprint density at radius 1 is 1.19 bits per heavy atom. The Kier molecular flexibility index (Phi) is 4.34. The van der Waals surface area contributed by atoms with E-state index in [0.29, 0.717) is 21.8 Å². The fourth-order valence-corrected chi connectivity index (χ4v) is 3.91. The van der Waals surface area contributed by atoms with Crippen LogP contribution in [0.3, 0.4) is 0 Å². The molecule has 0 spiro atoms. The van der Waals surface area contributed by atoms with E-state index in [1.165, 1.54) is 16.4 Å². The molecule has 0 aliphatic carbocycles. The minimum Gasteiger partial charge on any atom is -0.469 e. The molecular weight excluding hydrogens is 370 g/mol. The number of thioether (sulfide) groups is 1. The van der Waals surface area contributed by atoms with Crippen LogP contribution in [-0.2, 0) is 5.75 Å². The minimum absolute atomic E-state index is 0.546. The number of aryl methyl sites for hydroxylation is 2. The Morgan fingerprint density at radius 3 is 2.77 bits per heavy atom. The van der Waals surface area contributed by atoms with E-state index in [-0.39, 0.29) is 0 Å². The van der Waals surface area contributed by atoms with E-state index in [1.807, 2.05) is 44.2 Å². The van der Waals surface area contributed by atoms with Crippen molar-refractivity contribution in [2.24, 2.45) is 0 Å². The zero-order chi connectivity index (χ0) is 18.3. The lowest BCUT2D eigenvalue weighted by atomic mass is 10.1. The van der Waals surface area contributed by atoms with Crippen molar-refractivity contribution in [1.29, 1.82) is 0 Å². The number of halogens is 1. The van der Waals surface area contributed by atoms with Crippen molar-refractivity contribution in [2.45, 2.75) is 24.8 Å². The summed E-state index contributed by atoms with van der Waals surface area (Å²) in [5.74, 6) is 8.02. The highest BCUT2D eigenvalue weighted by Crippen LogP contribution is 2.31. The second-order valence-electron chi connectivity index (χ2n) is 5.87. The highest BCUT2D eigenvalue weighted by Gasteiger charge is 2.17. The molecule has 0 amide bonds. The van der Waals surface area contributed by atoms with Gasteiger partial charge in [0.25, 0.3) is 0 Å². The molecule has 1 aromatic carbocycles. The molecule has 0 aliphatic heterocycles. The number of nitrogens with zero attached hydrogens (tertiary/aromatic N) is 4. The highest BCUT2D eigenvalue weighted by molar-refractivity contribution is 7.98. The van der Waals surface area contributed by atoms with E-state index >= 15 is 0 Å². The lowest BCUT2D eigenvalue weighted by Crippen LogP contribution is -2.11. The maximum Gasteiger partial charge on any atom is 0.210 e. The molecule has 0 bridgehead atoms. The molecule has 3 heterocycles. The first-order valence-electron chi connectivity index (χ1n) is 7.97. The second kappa shape index (κ2) is 6.66. The highest BCUT2D eigenvalue weighted by atomic mass is 35.5. The summed E-state index contributed by atoms with van der Waals surface area (Å²) in [6.45, 7) is 3.87. The molecule has 2 N–H and O–H groups in total. The van der Waals surface area contributed by atoms with Crippen LogP contribution in [-0.4, -0.2) is 19.9 Å². The van der Waals surface area contributed by atoms with Gasteiger partial charge >= 0.3 is 0 Å². The van der Waals surface area contributed by atoms with Gasteiger partial charge in [0.05, 0.1) is 28.1 Å². The van der Waals surface area contributed by atoms with Crippen molar-refractivity contribution >= 4 is 34.3 Å². The van der Waals surface area contributed by atoms with Crippen molar-refractivity contribution < 1.29 is 4.42 Å². The number of fused-ring (bicyclic) bond motifs is 1. The van der Waals surface area contributed by atoms with E-state index in [2.05, 4.69) is 15.2 Å². The number of nitrogen functional groups attached to an aromatic ring is 1. The number of furan rings is 1.